The Balaban J connectivity index is 0. The van der Waals surface area contributed by atoms with Gasteiger partial charge in [0.2, 0.25) is 0 Å². The van der Waals surface area contributed by atoms with Gasteiger partial charge in [0.25, 0.3) is 0 Å². The molecule has 0 fully saturated rings. The molecule has 0 amide bonds. The van der Waals surface area contributed by atoms with Crippen LogP contribution >= 0.6 is 11.6 Å². The largest absolute Gasteiger partial charge is 0.349 e. The van der Waals surface area contributed by atoms with Crippen molar-refractivity contribution in [1.82, 2.24) is 5.32 Å². The lowest BCUT2D eigenvalue weighted by molar-refractivity contribution is 0.626. The first kappa shape index (κ1) is 38.3. The summed E-state index contributed by atoms with van der Waals surface area (Å²) in [5.41, 5.74) is 8.26. The molecule has 39 heavy (non-hydrogen) atoms. The SMILES string of the molecule is C/C=C(Cl)/C=C(C)\C=C/Cc1cccc(F)c1.C=C(C)c1cc(N(C)/C(=C\C)CC)ccc1C.CC.CNC. The van der Waals surface area contributed by atoms with Gasteiger partial charge in [0.1, 0.15) is 5.82 Å². The van der Waals surface area contributed by atoms with Crippen molar-refractivity contribution in [3.8, 4) is 0 Å². The molecule has 0 heterocycles. The van der Waals surface area contributed by atoms with E-state index in [9.17, 15) is 4.39 Å². The van der Waals surface area contributed by atoms with E-state index in [1.807, 2.05) is 72.2 Å². The number of aryl methyl sites for hydroxylation is 1. The highest BCUT2D eigenvalue weighted by atomic mass is 35.5. The molecular formula is C35H52ClFN2. The van der Waals surface area contributed by atoms with E-state index in [-0.39, 0.29) is 5.82 Å². The quantitative estimate of drug-likeness (QED) is 0.326. The van der Waals surface area contributed by atoms with Gasteiger partial charge in [-0.05, 0) is 114 Å². The maximum absolute atomic E-state index is 12.9. The average Bonchev–Trinajstić information content (AvgIpc) is 2.91. The van der Waals surface area contributed by atoms with E-state index in [1.165, 1.54) is 28.6 Å². The van der Waals surface area contributed by atoms with Crippen molar-refractivity contribution < 1.29 is 4.39 Å². The number of allylic oxidation sites excluding steroid dienone is 9. The van der Waals surface area contributed by atoms with Crippen LogP contribution in [0.25, 0.3) is 5.57 Å². The number of benzene rings is 2. The summed E-state index contributed by atoms with van der Waals surface area (Å²) in [6.45, 7) is 20.4. The first-order valence-corrected chi connectivity index (χ1v) is 14.1. The van der Waals surface area contributed by atoms with Gasteiger partial charge in [0.15, 0.2) is 0 Å². The number of halogens is 2. The van der Waals surface area contributed by atoms with E-state index in [4.69, 9.17) is 11.6 Å². The summed E-state index contributed by atoms with van der Waals surface area (Å²) < 4.78 is 12.9. The highest BCUT2D eigenvalue weighted by molar-refractivity contribution is 6.31. The minimum atomic E-state index is -0.194. The summed E-state index contributed by atoms with van der Waals surface area (Å²) >= 11 is 5.88. The minimum absolute atomic E-state index is 0.194. The third-order valence-corrected chi connectivity index (χ3v) is 5.79. The molecule has 0 aliphatic carbocycles. The standard InChI is InChI=1S/C16H23N.C15H16ClF.C2H7N.C2H6/c1-7-14(8-2)17(6)15-10-9-13(5)16(11-15)12(3)4;1-3-14(16)10-12(2)6-4-7-13-8-5-9-15(17)11-13;1-3-2;1-2/h7,9-11H,3,8H2,1-2,4-6H3;3-6,8-11H,7H2,1-2H3;3H,1-2H3;1-2H3/b14-7-;6-4-,12-10-,14-3-;;. The zero-order chi connectivity index (χ0) is 30.4. The van der Waals surface area contributed by atoms with E-state index < -0.39 is 0 Å². The molecule has 4 heteroatoms. The molecule has 2 aromatic rings. The summed E-state index contributed by atoms with van der Waals surface area (Å²) in [5.74, 6) is -0.194. The van der Waals surface area contributed by atoms with Crippen molar-refractivity contribution in [3.05, 3.63) is 118 Å². The Bertz CT molecular complexity index is 1090. The highest BCUT2D eigenvalue weighted by Crippen LogP contribution is 2.26. The van der Waals surface area contributed by atoms with E-state index in [0.29, 0.717) is 0 Å². The van der Waals surface area contributed by atoms with Crippen LogP contribution in [-0.4, -0.2) is 21.1 Å². The highest BCUT2D eigenvalue weighted by Gasteiger charge is 2.07. The van der Waals surface area contributed by atoms with Crippen LogP contribution in [0.3, 0.4) is 0 Å². The van der Waals surface area contributed by atoms with Crippen LogP contribution in [0.15, 0.2) is 95.7 Å². The molecule has 2 rings (SSSR count). The van der Waals surface area contributed by atoms with E-state index >= 15 is 0 Å². The van der Waals surface area contributed by atoms with Crippen LogP contribution in [0.4, 0.5) is 10.1 Å². The maximum Gasteiger partial charge on any atom is 0.123 e. The van der Waals surface area contributed by atoms with Gasteiger partial charge in [0.05, 0.1) is 0 Å². The topological polar surface area (TPSA) is 15.3 Å². The number of rotatable bonds is 8. The molecule has 0 aliphatic rings. The summed E-state index contributed by atoms with van der Waals surface area (Å²) in [5, 5.41) is 3.47. The summed E-state index contributed by atoms with van der Waals surface area (Å²) in [4.78, 5) is 2.24. The normalized spacial score (nSPS) is 11.5. The van der Waals surface area contributed by atoms with E-state index in [0.717, 1.165) is 34.6 Å². The predicted molar refractivity (Wildman–Crippen MR) is 177 cm³/mol. The van der Waals surface area contributed by atoms with Gasteiger partial charge in [-0.2, -0.15) is 0 Å². The monoisotopic (exact) mass is 554 g/mol. The lowest BCUT2D eigenvalue weighted by Crippen LogP contribution is -2.15. The Morgan fingerprint density at radius 3 is 2.15 bits per heavy atom. The van der Waals surface area contributed by atoms with Crippen molar-refractivity contribution in [2.24, 2.45) is 0 Å². The van der Waals surface area contributed by atoms with Gasteiger partial charge in [-0.25, -0.2) is 4.39 Å². The van der Waals surface area contributed by atoms with Crippen molar-refractivity contribution in [1.29, 1.82) is 0 Å². The lowest BCUT2D eigenvalue weighted by atomic mass is 10.0. The summed E-state index contributed by atoms with van der Waals surface area (Å²) in [6.07, 6.45) is 11.6. The molecular weight excluding hydrogens is 503 g/mol. The number of anilines is 1. The van der Waals surface area contributed by atoms with Crippen LogP contribution in [0.5, 0.6) is 0 Å². The number of nitrogens with one attached hydrogen (secondary N) is 1. The van der Waals surface area contributed by atoms with Gasteiger partial charge in [-0.15, -0.1) is 0 Å². The van der Waals surface area contributed by atoms with Crippen molar-refractivity contribution in [2.75, 3.05) is 26.0 Å². The smallest absolute Gasteiger partial charge is 0.123 e. The average molecular weight is 555 g/mol. The second-order valence-electron chi connectivity index (χ2n) is 8.77. The molecule has 216 valence electrons. The number of hydrogen-bond donors (Lipinski definition) is 1. The third kappa shape index (κ3) is 16.6. The van der Waals surface area contributed by atoms with Crippen molar-refractivity contribution in [3.63, 3.8) is 0 Å². The van der Waals surface area contributed by atoms with Gasteiger partial charge < -0.3 is 10.2 Å². The predicted octanol–water partition coefficient (Wildman–Crippen LogP) is 10.7. The fourth-order valence-electron chi connectivity index (χ4n) is 3.47. The first-order chi connectivity index (χ1) is 18.5. The molecule has 0 bridgehead atoms. The van der Waals surface area contributed by atoms with Crippen molar-refractivity contribution >= 4 is 22.9 Å². The molecule has 0 saturated heterocycles. The Morgan fingerprint density at radius 2 is 1.67 bits per heavy atom. The van der Waals surface area contributed by atoms with E-state index in [2.05, 4.69) is 75.8 Å². The minimum Gasteiger partial charge on any atom is -0.349 e. The second-order valence-corrected chi connectivity index (χ2v) is 9.21. The molecule has 0 aromatic heterocycles. The molecule has 0 saturated carbocycles. The zero-order valence-corrected chi connectivity index (χ0v) is 27.0. The Labute approximate surface area is 244 Å². The Kier molecular flexibility index (Phi) is 22.6. The fraction of sp³-hybridized carbons (Fsp3) is 0.371. The molecule has 2 nitrogen and oxygen atoms in total. The van der Waals surface area contributed by atoms with Crippen LogP contribution in [0.2, 0.25) is 0 Å². The molecule has 0 spiro atoms. The summed E-state index contributed by atoms with van der Waals surface area (Å²) in [7, 11) is 5.87. The molecule has 0 radical (unpaired) electrons. The molecule has 1 N–H and O–H groups in total. The van der Waals surface area contributed by atoms with Crippen LogP contribution < -0.4 is 10.2 Å². The number of hydrogen-bond acceptors (Lipinski definition) is 2. The maximum atomic E-state index is 12.9. The van der Waals surface area contributed by atoms with Gasteiger partial charge in [0, 0.05) is 23.5 Å². The molecule has 0 aliphatic heterocycles. The van der Waals surface area contributed by atoms with Crippen LogP contribution in [0.1, 0.15) is 71.6 Å². The third-order valence-electron chi connectivity index (χ3n) is 5.46. The van der Waals surface area contributed by atoms with Crippen LogP contribution in [-0.2, 0) is 6.42 Å². The second kappa shape index (κ2) is 23.0. The van der Waals surface area contributed by atoms with Gasteiger partial charge in [-0.1, -0.05) is 87.0 Å². The molecule has 0 unspecified atom stereocenters. The number of nitrogens with zero attached hydrogens (tertiary/aromatic N) is 1. The Morgan fingerprint density at radius 1 is 1.05 bits per heavy atom. The molecule has 2 aromatic carbocycles. The van der Waals surface area contributed by atoms with Crippen LogP contribution in [0, 0.1) is 12.7 Å². The Hall–Kier alpha value is -2.88. The van der Waals surface area contributed by atoms with E-state index in [1.54, 1.807) is 12.1 Å². The molecule has 0 atom stereocenters. The van der Waals surface area contributed by atoms with Gasteiger partial charge in [-0.3, -0.25) is 0 Å². The lowest BCUT2D eigenvalue weighted by Gasteiger charge is -2.23. The fourth-order valence-corrected chi connectivity index (χ4v) is 3.65. The zero-order valence-electron chi connectivity index (χ0n) is 26.3. The van der Waals surface area contributed by atoms with Crippen molar-refractivity contribution in [2.45, 2.75) is 68.2 Å². The van der Waals surface area contributed by atoms with Gasteiger partial charge >= 0.3 is 0 Å². The summed E-state index contributed by atoms with van der Waals surface area (Å²) in [6, 6.07) is 13.2. The first-order valence-electron chi connectivity index (χ1n) is 13.7.